The van der Waals surface area contributed by atoms with E-state index in [4.69, 9.17) is 9.26 Å². The van der Waals surface area contributed by atoms with Crippen LogP contribution in [0.15, 0.2) is 22.0 Å². The van der Waals surface area contributed by atoms with E-state index in [1.807, 2.05) is 17.5 Å². The molecule has 0 aromatic carbocycles. The van der Waals surface area contributed by atoms with Crippen molar-refractivity contribution in [3.8, 4) is 10.7 Å². The zero-order chi connectivity index (χ0) is 12.5. The molecule has 0 spiro atoms. The topological polar surface area (TPSA) is 65.2 Å². The van der Waals surface area contributed by atoms with Gasteiger partial charge < -0.3 is 9.26 Å². The highest BCUT2D eigenvalue weighted by Gasteiger charge is 2.31. The summed E-state index contributed by atoms with van der Waals surface area (Å²) in [4.78, 5) is 16.1. The molecule has 2 aromatic heterocycles. The van der Waals surface area contributed by atoms with Crippen LogP contribution < -0.4 is 0 Å². The van der Waals surface area contributed by atoms with Crippen molar-refractivity contribution in [2.45, 2.75) is 26.4 Å². The summed E-state index contributed by atoms with van der Waals surface area (Å²) in [5, 5.41) is 5.80. The third-order valence-electron chi connectivity index (χ3n) is 2.08. The van der Waals surface area contributed by atoms with E-state index < -0.39 is 5.60 Å². The van der Waals surface area contributed by atoms with Crippen LogP contribution in [-0.2, 0) is 15.1 Å². The third-order valence-corrected chi connectivity index (χ3v) is 2.95. The van der Waals surface area contributed by atoms with Crippen LogP contribution in [0.25, 0.3) is 10.7 Å². The predicted molar refractivity (Wildman–Crippen MR) is 62.4 cm³/mol. The van der Waals surface area contributed by atoms with E-state index in [0.29, 0.717) is 5.82 Å². The Bertz CT molecular complexity index is 517. The fraction of sp³-hybridized carbons (Fsp3) is 0.364. The largest absolute Gasteiger partial charge is 0.450 e. The summed E-state index contributed by atoms with van der Waals surface area (Å²) in [5.41, 5.74) is -0.908. The Balaban J connectivity index is 2.26. The average Bonchev–Trinajstić information content (AvgIpc) is 2.87. The maximum atomic E-state index is 11.0. The molecule has 0 N–H and O–H groups in total. The number of ether oxygens (including phenoxy) is 1. The first-order chi connectivity index (χ1) is 7.99. The van der Waals surface area contributed by atoms with E-state index in [2.05, 4.69) is 10.1 Å². The highest BCUT2D eigenvalue weighted by molar-refractivity contribution is 7.13. The number of hydrogen-bond acceptors (Lipinski definition) is 6. The van der Waals surface area contributed by atoms with E-state index in [1.54, 1.807) is 13.8 Å². The van der Waals surface area contributed by atoms with E-state index in [9.17, 15) is 4.79 Å². The number of rotatable bonds is 3. The number of hydrogen-bond donors (Lipinski definition) is 0. The van der Waals surface area contributed by atoms with Crippen molar-refractivity contribution in [3.05, 3.63) is 23.4 Å². The molecule has 17 heavy (non-hydrogen) atoms. The lowest BCUT2D eigenvalue weighted by Gasteiger charge is -2.19. The van der Waals surface area contributed by atoms with Gasteiger partial charge in [0.1, 0.15) is 0 Å². The molecule has 90 valence electrons. The summed E-state index contributed by atoms with van der Waals surface area (Å²) >= 11 is 1.52. The lowest BCUT2D eigenvalue weighted by Crippen LogP contribution is -2.24. The van der Waals surface area contributed by atoms with Gasteiger partial charge in [-0.2, -0.15) is 4.98 Å². The van der Waals surface area contributed by atoms with Crippen LogP contribution >= 0.6 is 11.3 Å². The van der Waals surface area contributed by atoms with Gasteiger partial charge in [-0.25, -0.2) is 0 Å². The van der Waals surface area contributed by atoms with Gasteiger partial charge in [-0.15, -0.1) is 11.3 Å². The molecule has 2 heterocycles. The highest BCUT2D eigenvalue weighted by Crippen LogP contribution is 2.27. The standard InChI is InChI=1S/C11H12N2O3S/c1-7(14)15-11(2,3)10-12-9(13-16-10)8-5-4-6-17-8/h4-6H,1-3H3. The van der Waals surface area contributed by atoms with Gasteiger partial charge in [0.15, 0.2) is 5.60 Å². The molecule has 0 saturated carbocycles. The van der Waals surface area contributed by atoms with Crippen LogP contribution in [0.2, 0.25) is 0 Å². The molecule has 2 aromatic rings. The van der Waals surface area contributed by atoms with E-state index in [1.165, 1.54) is 18.3 Å². The van der Waals surface area contributed by atoms with Crippen molar-refractivity contribution in [3.63, 3.8) is 0 Å². The summed E-state index contributed by atoms with van der Waals surface area (Å²) in [6.07, 6.45) is 0. The van der Waals surface area contributed by atoms with Crippen LogP contribution in [-0.4, -0.2) is 16.1 Å². The Kier molecular flexibility index (Phi) is 2.97. The van der Waals surface area contributed by atoms with Gasteiger partial charge in [-0.05, 0) is 25.3 Å². The minimum atomic E-state index is -0.908. The first-order valence-corrected chi connectivity index (χ1v) is 5.94. The smallest absolute Gasteiger partial charge is 0.303 e. The normalized spacial score (nSPS) is 11.5. The Morgan fingerprint density at radius 1 is 1.53 bits per heavy atom. The van der Waals surface area contributed by atoms with Crippen molar-refractivity contribution in [2.24, 2.45) is 0 Å². The van der Waals surface area contributed by atoms with Gasteiger partial charge in [0, 0.05) is 6.92 Å². The molecule has 0 aliphatic rings. The Labute approximate surface area is 102 Å². The third kappa shape index (κ3) is 2.52. The molecule has 0 unspecified atom stereocenters. The number of nitrogens with zero attached hydrogens (tertiary/aromatic N) is 2. The van der Waals surface area contributed by atoms with Crippen molar-refractivity contribution >= 4 is 17.3 Å². The molecule has 5 nitrogen and oxygen atoms in total. The molecular weight excluding hydrogens is 240 g/mol. The van der Waals surface area contributed by atoms with E-state index in [0.717, 1.165) is 4.88 Å². The summed E-state index contributed by atoms with van der Waals surface area (Å²) in [6.45, 7) is 4.76. The monoisotopic (exact) mass is 252 g/mol. The molecule has 0 fully saturated rings. The van der Waals surface area contributed by atoms with Gasteiger partial charge in [-0.1, -0.05) is 11.2 Å². The van der Waals surface area contributed by atoms with Gasteiger partial charge in [0.25, 0.3) is 5.89 Å². The van der Waals surface area contributed by atoms with Gasteiger partial charge in [-0.3, -0.25) is 4.79 Å². The predicted octanol–water partition coefficient (Wildman–Crippen LogP) is 2.60. The maximum absolute atomic E-state index is 11.0. The number of esters is 1. The van der Waals surface area contributed by atoms with Gasteiger partial charge in [0.05, 0.1) is 4.88 Å². The Morgan fingerprint density at radius 3 is 2.88 bits per heavy atom. The maximum Gasteiger partial charge on any atom is 0.303 e. The fourth-order valence-corrected chi connectivity index (χ4v) is 2.03. The quantitative estimate of drug-likeness (QED) is 0.785. The molecule has 6 heteroatoms. The zero-order valence-electron chi connectivity index (χ0n) is 9.76. The summed E-state index contributed by atoms with van der Waals surface area (Å²) in [7, 11) is 0. The second kappa shape index (κ2) is 4.29. The summed E-state index contributed by atoms with van der Waals surface area (Å²) < 4.78 is 10.2. The molecule has 0 aliphatic heterocycles. The fourth-order valence-electron chi connectivity index (χ4n) is 1.38. The molecule has 0 amide bonds. The molecule has 0 bridgehead atoms. The second-order valence-corrected chi connectivity index (χ2v) is 4.95. The SMILES string of the molecule is CC(=O)OC(C)(C)c1nc(-c2cccs2)no1. The first-order valence-electron chi connectivity index (χ1n) is 5.07. The van der Waals surface area contributed by atoms with Crippen LogP contribution in [0.5, 0.6) is 0 Å². The number of carbonyl (C=O) groups excluding carboxylic acids is 1. The average molecular weight is 252 g/mol. The highest BCUT2D eigenvalue weighted by atomic mass is 32.1. The summed E-state index contributed by atoms with van der Waals surface area (Å²) in [5.74, 6) is 0.414. The van der Waals surface area contributed by atoms with Crippen LogP contribution in [0.4, 0.5) is 0 Å². The lowest BCUT2D eigenvalue weighted by atomic mass is 10.1. The second-order valence-electron chi connectivity index (χ2n) is 4.00. The van der Waals surface area contributed by atoms with Crippen LogP contribution in [0.3, 0.4) is 0 Å². The summed E-state index contributed by atoms with van der Waals surface area (Å²) in [6, 6.07) is 3.81. The number of thiophene rings is 1. The van der Waals surface area contributed by atoms with Crippen LogP contribution in [0.1, 0.15) is 26.7 Å². The first kappa shape index (κ1) is 11.8. The van der Waals surface area contributed by atoms with Crippen molar-refractivity contribution < 1.29 is 14.1 Å². The van der Waals surface area contributed by atoms with Crippen molar-refractivity contribution in [1.29, 1.82) is 0 Å². The molecule has 0 aliphatic carbocycles. The zero-order valence-corrected chi connectivity index (χ0v) is 10.6. The Morgan fingerprint density at radius 2 is 2.29 bits per heavy atom. The molecular formula is C11H12N2O3S. The van der Waals surface area contributed by atoms with Crippen molar-refractivity contribution in [2.75, 3.05) is 0 Å². The number of carbonyl (C=O) groups is 1. The Hall–Kier alpha value is -1.69. The van der Waals surface area contributed by atoms with Crippen LogP contribution in [0, 0.1) is 0 Å². The van der Waals surface area contributed by atoms with Crippen molar-refractivity contribution in [1.82, 2.24) is 10.1 Å². The minimum Gasteiger partial charge on any atom is -0.450 e. The number of aromatic nitrogens is 2. The van der Waals surface area contributed by atoms with E-state index >= 15 is 0 Å². The van der Waals surface area contributed by atoms with Gasteiger partial charge in [0.2, 0.25) is 5.82 Å². The minimum absolute atomic E-state index is 0.288. The molecule has 2 rings (SSSR count). The molecule has 0 radical (unpaired) electrons. The van der Waals surface area contributed by atoms with E-state index in [-0.39, 0.29) is 11.9 Å². The van der Waals surface area contributed by atoms with Gasteiger partial charge >= 0.3 is 5.97 Å². The molecule has 0 atom stereocenters. The molecule has 0 saturated heterocycles. The lowest BCUT2D eigenvalue weighted by molar-refractivity contribution is -0.157.